The number of nitrogens with zero attached hydrogens (tertiary/aromatic N) is 1. The average Bonchev–Trinajstić information content (AvgIpc) is 2.62. The highest BCUT2D eigenvalue weighted by atomic mass is 31.2. The Labute approximate surface area is 139 Å². The van der Waals surface area contributed by atoms with Crippen LogP contribution in [0.15, 0.2) is 72.8 Å². The van der Waals surface area contributed by atoms with E-state index in [9.17, 15) is 4.57 Å². The highest BCUT2D eigenvalue weighted by molar-refractivity contribution is 7.49. The smallest absolute Gasteiger partial charge is 0.394 e. The van der Waals surface area contributed by atoms with E-state index in [-0.39, 0.29) is 6.61 Å². The van der Waals surface area contributed by atoms with Crippen LogP contribution in [0.25, 0.3) is 10.8 Å². The zero-order valence-corrected chi connectivity index (χ0v) is 13.6. The lowest BCUT2D eigenvalue weighted by Crippen LogP contribution is -2.01. The third kappa shape index (κ3) is 3.75. The fraction of sp³-hybridized carbons (Fsp3) is 0.0556. The molecule has 120 valence electrons. The van der Waals surface area contributed by atoms with Crippen molar-refractivity contribution in [1.29, 1.82) is 5.26 Å². The molecule has 0 aliphatic heterocycles. The third-order valence-electron chi connectivity index (χ3n) is 3.34. The number of phosphoric ester groups is 1. The van der Waals surface area contributed by atoms with Crippen LogP contribution in [0.2, 0.25) is 0 Å². The van der Waals surface area contributed by atoms with Crippen LogP contribution in [-0.4, -0.2) is 0 Å². The van der Waals surface area contributed by atoms with Crippen LogP contribution >= 0.6 is 7.82 Å². The normalized spacial score (nSPS) is 13.0. The molecule has 0 aliphatic rings. The molecular formula is C18H14NO4P. The molecule has 1 unspecified atom stereocenters. The largest absolute Gasteiger partial charge is 0.597 e. The lowest BCUT2D eigenvalue weighted by atomic mass is 10.1. The fourth-order valence-electron chi connectivity index (χ4n) is 2.24. The van der Waals surface area contributed by atoms with Gasteiger partial charge in [0.1, 0.15) is 5.75 Å². The number of nitriles is 1. The molecule has 1 atom stereocenters. The zero-order valence-electron chi connectivity index (χ0n) is 12.7. The highest BCUT2D eigenvalue weighted by Gasteiger charge is 2.31. The van der Waals surface area contributed by atoms with E-state index < -0.39 is 7.82 Å². The molecule has 0 N–H and O–H groups in total. The van der Waals surface area contributed by atoms with Crippen molar-refractivity contribution in [3.63, 3.8) is 0 Å². The molecule has 0 aliphatic carbocycles. The molecule has 0 amide bonds. The fourth-order valence-corrected chi connectivity index (χ4v) is 3.19. The van der Waals surface area contributed by atoms with Crippen molar-refractivity contribution < 1.29 is 18.1 Å². The minimum Gasteiger partial charge on any atom is -0.394 e. The molecule has 0 saturated carbocycles. The lowest BCUT2D eigenvalue weighted by molar-refractivity contribution is 0.192. The number of hydrogen-bond donors (Lipinski definition) is 0. The summed E-state index contributed by atoms with van der Waals surface area (Å²) in [6.07, 6.45) is 1.40. The van der Waals surface area contributed by atoms with E-state index in [0.29, 0.717) is 5.75 Å². The summed E-state index contributed by atoms with van der Waals surface area (Å²) in [7, 11) is -4.07. The topological polar surface area (TPSA) is 68.5 Å². The zero-order chi connectivity index (χ0) is 16.8. The molecular weight excluding hydrogens is 325 g/mol. The van der Waals surface area contributed by atoms with Gasteiger partial charge in [-0.25, -0.2) is 4.57 Å². The first-order valence-corrected chi connectivity index (χ1v) is 8.70. The van der Waals surface area contributed by atoms with Crippen LogP contribution in [0.1, 0.15) is 5.56 Å². The standard InChI is InChI=1S/C18H14NO4P/c19-14-22-24(20,21-13-15-7-2-1-3-8-15)23-18-12-6-10-16-9-4-5-11-17(16)18/h1-12H,13H2. The average molecular weight is 339 g/mol. The summed E-state index contributed by atoms with van der Waals surface area (Å²) in [5.41, 5.74) is 0.792. The number of benzene rings is 3. The summed E-state index contributed by atoms with van der Waals surface area (Å²) in [6, 6.07) is 22.0. The Hall–Kier alpha value is -2.80. The van der Waals surface area contributed by atoms with Crippen molar-refractivity contribution in [3.8, 4) is 12.0 Å². The summed E-state index contributed by atoms with van der Waals surface area (Å²) in [5, 5.41) is 10.5. The van der Waals surface area contributed by atoms with Crippen LogP contribution in [0.3, 0.4) is 0 Å². The van der Waals surface area contributed by atoms with Crippen molar-refractivity contribution in [2.45, 2.75) is 6.61 Å². The van der Waals surface area contributed by atoms with Crippen molar-refractivity contribution >= 4 is 18.6 Å². The minimum atomic E-state index is -4.07. The molecule has 3 rings (SSSR count). The molecule has 0 bridgehead atoms. The molecule has 0 spiro atoms. The summed E-state index contributed by atoms with van der Waals surface area (Å²) in [4.78, 5) is 0. The second-order valence-corrected chi connectivity index (χ2v) is 6.48. The van der Waals surface area contributed by atoms with Gasteiger partial charge in [0.25, 0.3) is 6.26 Å². The molecule has 24 heavy (non-hydrogen) atoms. The van der Waals surface area contributed by atoms with Gasteiger partial charge in [0.05, 0.1) is 6.61 Å². The van der Waals surface area contributed by atoms with E-state index in [0.717, 1.165) is 16.3 Å². The second-order valence-electron chi connectivity index (χ2n) is 4.96. The van der Waals surface area contributed by atoms with E-state index in [1.807, 2.05) is 60.7 Å². The molecule has 0 saturated heterocycles. The summed E-state index contributed by atoms with van der Waals surface area (Å²) in [6.45, 7) is 0.00453. The monoisotopic (exact) mass is 339 g/mol. The molecule has 3 aromatic carbocycles. The van der Waals surface area contributed by atoms with Crippen molar-refractivity contribution in [1.82, 2.24) is 0 Å². The molecule has 3 aromatic rings. The summed E-state index contributed by atoms with van der Waals surface area (Å²) in [5.74, 6) is 0.333. The molecule has 0 fully saturated rings. The molecule has 5 nitrogen and oxygen atoms in total. The Morgan fingerprint density at radius 3 is 2.42 bits per heavy atom. The predicted molar refractivity (Wildman–Crippen MR) is 90.1 cm³/mol. The molecule has 6 heteroatoms. The molecule has 0 heterocycles. The number of fused-ring (bicyclic) bond motifs is 1. The van der Waals surface area contributed by atoms with Gasteiger partial charge in [0.2, 0.25) is 0 Å². The van der Waals surface area contributed by atoms with Crippen LogP contribution in [0.5, 0.6) is 5.75 Å². The Morgan fingerprint density at radius 1 is 0.917 bits per heavy atom. The van der Waals surface area contributed by atoms with Crippen molar-refractivity contribution in [3.05, 3.63) is 78.4 Å². The second kappa shape index (κ2) is 7.18. The molecule has 0 radical (unpaired) electrons. The van der Waals surface area contributed by atoms with Gasteiger partial charge < -0.3 is 9.05 Å². The van der Waals surface area contributed by atoms with E-state index in [1.54, 1.807) is 12.1 Å². The van der Waals surface area contributed by atoms with Gasteiger partial charge in [-0.2, -0.15) is 0 Å². The van der Waals surface area contributed by atoms with E-state index >= 15 is 0 Å². The van der Waals surface area contributed by atoms with Crippen molar-refractivity contribution in [2.75, 3.05) is 0 Å². The van der Waals surface area contributed by atoms with Gasteiger partial charge in [0.15, 0.2) is 0 Å². The highest BCUT2D eigenvalue weighted by Crippen LogP contribution is 2.51. The summed E-state index contributed by atoms with van der Waals surface area (Å²) >= 11 is 0. The van der Waals surface area contributed by atoms with Crippen LogP contribution in [0, 0.1) is 11.5 Å². The summed E-state index contributed by atoms with van der Waals surface area (Å²) < 4.78 is 28.1. The van der Waals surface area contributed by atoms with Gasteiger partial charge in [-0.1, -0.05) is 66.7 Å². The molecule has 0 aromatic heterocycles. The van der Waals surface area contributed by atoms with Crippen molar-refractivity contribution in [2.24, 2.45) is 0 Å². The minimum absolute atomic E-state index is 0.00453. The van der Waals surface area contributed by atoms with Crippen LogP contribution in [-0.2, 0) is 20.2 Å². The predicted octanol–water partition coefficient (Wildman–Crippen LogP) is 5.04. The van der Waals surface area contributed by atoms with Crippen LogP contribution < -0.4 is 4.52 Å². The van der Waals surface area contributed by atoms with Gasteiger partial charge >= 0.3 is 7.82 Å². The first-order valence-electron chi connectivity index (χ1n) is 7.24. The Kier molecular flexibility index (Phi) is 4.81. The van der Waals surface area contributed by atoms with Gasteiger partial charge in [-0.15, -0.1) is 5.26 Å². The quantitative estimate of drug-likeness (QED) is 0.465. The maximum atomic E-state index is 12.7. The SMILES string of the molecule is N#COP(=O)(OCc1ccccc1)Oc1cccc2ccccc12. The number of phosphoric acid groups is 1. The van der Waals surface area contributed by atoms with Crippen LogP contribution in [0.4, 0.5) is 0 Å². The first kappa shape index (κ1) is 16.1. The Morgan fingerprint density at radius 2 is 1.62 bits per heavy atom. The van der Waals surface area contributed by atoms with Gasteiger partial charge in [-0.3, -0.25) is 4.52 Å². The maximum absolute atomic E-state index is 12.7. The first-order chi connectivity index (χ1) is 11.7. The van der Waals surface area contributed by atoms with Gasteiger partial charge in [-0.05, 0) is 17.0 Å². The Balaban J connectivity index is 1.85. The number of hydrogen-bond acceptors (Lipinski definition) is 5. The maximum Gasteiger partial charge on any atom is 0.597 e. The van der Waals surface area contributed by atoms with E-state index in [2.05, 4.69) is 4.52 Å². The lowest BCUT2D eigenvalue weighted by Gasteiger charge is -2.16. The number of rotatable bonds is 6. The van der Waals surface area contributed by atoms with E-state index in [4.69, 9.17) is 14.3 Å². The van der Waals surface area contributed by atoms with Gasteiger partial charge in [0, 0.05) is 5.39 Å². The Bertz CT molecular complexity index is 916. The van der Waals surface area contributed by atoms with E-state index in [1.165, 1.54) is 6.26 Å². The third-order valence-corrected chi connectivity index (χ3v) is 4.52.